The first-order chi connectivity index (χ1) is 8.97. The molecule has 0 heterocycles. The topological polar surface area (TPSA) is 78.4 Å². The van der Waals surface area contributed by atoms with Crippen LogP contribution in [0.1, 0.15) is 45.4 Å². The molecule has 106 valence electrons. The molecule has 3 N–H and O–H groups in total. The predicted molar refractivity (Wildman–Crippen MR) is 72.6 cm³/mol. The standard InChI is InChI=1S/C14H22N2O3/c1-3-7-11(12(17)18)16-13(19)15-10-14(2)8-5-4-6-9-14/h1,11H,4-10H2,2H3,(H,17,18)(H2,15,16,19). The van der Waals surface area contributed by atoms with Crippen molar-refractivity contribution in [2.45, 2.75) is 51.5 Å². The van der Waals surface area contributed by atoms with E-state index in [4.69, 9.17) is 11.5 Å². The van der Waals surface area contributed by atoms with Gasteiger partial charge >= 0.3 is 12.0 Å². The van der Waals surface area contributed by atoms with Crippen molar-refractivity contribution in [2.75, 3.05) is 6.54 Å². The maximum atomic E-state index is 11.7. The maximum absolute atomic E-state index is 11.7. The average Bonchev–Trinajstić information content (AvgIpc) is 2.37. The molecule has 0 aliphatic heterocycles. The van der Waals surface area contributed by atoms with Crippen LogP contribution in [0.15, 0.2) is 0 Å². The van der Waals surface area contributed by atoms with Gasteiger partial charge in [0.1, 0.15) is 6.04 Å². The molecular formula is C14H22N2O3. The molecule has 1 aliphatic rings. The number of terminal acetylenes is 1. The molecule has 0 saturated heterocycles. The van der Waals surface area contributed by atoms with Crippen molar-refractivity contribution < 1.29 is 14.7 Å². The zero-order chi connectivity index (χ0) is 14.3. The Morgan fingerprint density at radius 3 is 2.53 bits per heavy atom. The quantitative estimate of drug-likeness (QED) is 0.663. The van der Waals surface area contributed by atoms with Crippen molar-refractivity contribution in [3.63, 3.8) is 0 Å². The lowest BCUT2D eigenvalue weighted by Gasteiger charge is -2.33. The highest BCUT2D eigenvalue weighted by Gasteiger charge is 2.27. The van der Waals surface area contributed by atoms with Crippen LogP contribution in [0.5, 0.6) is 0 Å². The second kappa shape index (κ2) is 7.03. The van der Waals surface area contributed by atoms with Gasteiger partial charge in [-0.2, -0.15) is 0 Å². The fourth-order valence-corrected chi connectivity index (χ4v) is 2.40. The van der Waals surface area contributed by atoms with Crippen LogP contribution in [0, 0.1) is 17.8 Å². The Labute approximate surface area is 114 Å². The minimum atomic E-state index is -1.11. The van der Waals surface area contributed by atoms with E-state index < -0.39 is 18.0 Å². The van der Waals surface area contributed by atoms with Gasteiger partial charge in [-0.15, -0.1) is 12.3 Å². The molecule has 5 heteroatoms. The molecule has 1 fully saturated rings. The highest BCUT2D eigenvalue weighted by atomic mass is 16.4. The molecule has 0 bridgehead atoms. The summed E-state index contributed by atoms with van der Waals surface area (Å²) in [5, 5.41) is 14.0. The second-order valence-corrected chi connectivity index (χ2v) is 5.50. The normalized spacial score (nSPS) is 18.9. The Hall–Kier alpha value is -1.70. The molecule has 1 saturated carbocycles. The van der Waals surface area contributed by atoms with Crippen molar-refractivity contribution >= 4 is 12.0 Å². The van der Waals surface area contributed by atoms with E-state index in [1.165, 1.54) is 19.3 Å². The lowest BCUT2D eigenvalue weighted by molar-refractivity contribution is -0.139. The minimum absolute atomic E-state index is 0.0139. The van der Waals surface area contributed by atoms with Crippen molar-refractivity contribution in [3.05, 3.63) is 0 Å². The first-order valence-electron chi connectivity index (χ1n) is 6.67. The number of urea groups is 1. The zero-order valence-corrected chi connectivity index (χ0v) is 11.4. The van der Waals surface area contributed by atoms with E-state index in [0.717, 1.165) is 12.8 Å². The lowest BCUT2D eigenvalue weighted by Crippen LogP contribution is -2.48. The Bertz CT molecular complexity index is 367. The minimum Gasteiger partial charge on any atom is -0.480 e. The van der Waals surface area contributed by atoms with Gasteiger partial charge < -0.3 is 15.7 Å². The van der Waals surface area contributed by atoms with E-state index in [1.807, 2.05) is 0 Å². The van der Waals surface area contributed by atoms with Gasteiger partial charge in [0.25, 0.3) is 0 Å². The van der Waals surface area contributed by atoms with Gasteiger partial charge in [-0.25, -0.2) is 9.59 Å². The van der Waals surface area contributed by atoms with E-state index >= 15 is 0 Å². The molecule has 2 amide bonds. The molecule has 0 radical (unpaired) electrons. The third-order valence-electron chi connectivity index (χ3n) is 3.66. The fourth-order valence-electron chi connectivity index (χ4n) is 2.40. The molecule has 5 nitrogen and oxygen atoms in total. The summed E-state index contributed by atoms with van der Waals surface area (Å²) >= 11 is 0. The summed E-state index contributed by atoms with van der Waals surface area (Å²) in [6.45, 7) is 2.73. The van der Waals surface area contributed by atoms with Gasteiger partial charge in [-0.3, -0.25) is 0 Å². The van der Waals surface area contributed by atoms with Crippen LogP contribution in [0.2, 0.25) is 0 Å². The Morgan fingerprint density at radius 2 is 2.00 bits per heavy atom. The van der Waals surface area contributed by atoms with Crippen LogP contribution in [0.3, 0.4) is 0 Å². The lowest BCUT2D eigenvalue weighted by atomic mass is 9.76. The van der Waals surface area contributed by atoms with Crippen LogP contribution in [0.25, 0.3) is 0 Å². The smallest absolute Gasteiger partial charge is 0.327 e. The number of hydrogen-bond donors (Lipinski definition) is 3. The highest BCUT2D eigenvalue weighted by Crippen LogP contribution is 2.34. The molecule has 1 rings (SSSR count). The number of rotatable bonds is 5. The zero-order valence-electron chi connectivity index (χ0n) is 11.4. The fraction of sp³-hybridized carbons (Fsp3) is 0.714. The van der Waals surface area contributed by atoms with Crippen molar-refractivity contribution in [1.82, 2.24) is 10.6 Å². The second-order valence-electron chi connectivity index (χ2n) is 5.50. The number of amides is 2. The van der Waals surface area contributed by atoms with Gasteiger partial charge in [0.2, 0.25) is 0 Å². The van der Waals surface area contributed by atoms with E-state index in [1.54, 1.807) is 0 Å². The highest BCUT2D eigenvalue weighted by molar-refractivity contribution is 5.82. The van der Waals surface area contributed by atoms with Gasteiger partial charge in [-0.1, -0.05) is 26.2 Å². The van der Waals surface area contributed by atoms with Gasteiger partial charge in [0.15, 0.2) is 0 Å². The number of carboxylic acid groups (broad SMARTS) is 1. The Kier molecular flexibility index (Phi) is 5.68. The van der Waals surface area contributed by atoms with Crippen LogP contribution in [0.4, 0.5) is 4.79 Å². The van der Waals surface area contributed by atoms with Crippen LogP contribution >= 0.6 is 0 Å². The molecule has 0 aromatic carbocycles. The number of carbonyl (C=O) groups is 2. The summed E-state index contributed by atoms with van der Waals surface area (Å²) in [5.74, 6) is 1.13. The Balaban J connectivity index is 2.38. The summed E-state index contributed by atoms with van der Waals surface area (Å²) in [4.78, 5) is 22.5. The van der Waals surface area contributed by atoms with Crippen LogP contribution in [-0.2, 0) is 4.79 Å². The van der Waals surface area contributed by atoms with Gasteiger partial charge in [0, 0.05) is 13.0 Å². The number of hydrogen-bond acceptors (Lipinski definition) is 2. The van der Waals surface area contributed by atoms with Crippen molar-refractivity contribution in [1.29, 1.82) is 0 Å². The van der Waals surface area contributed by atoms with Crippen molar-refractivity contribution in [3.8, 4) is 12.3 Å². The van der Waals surface area contributed by atoms with Gasteiger partial charge in [0.05, 0.1) is 0 Å². The summed E-state index contributed by atoms with van der Waals surface area (Å²) in [6.07, 6.45) is 10.9. The number of carboxylic acids is 1. The average molecular weight is 266 g/mol. The first-order valence-corrected chi connectivity index (χ1v) is 6.67. The monoisotopic (exact) mass is 266 g/mol. The molecule has 0 aromatic heterocycles. The van der Waals surface area contributed by atoms with E-state index in [-0.39, 0.29) is 11.8 Å². The number of carbonyl (C=O) groups excluding carboxylic acids is 1. The molecular weight excluding hydrogens is 244 g/mol. The summed E-state index contributed by atoms with van der Waals surface area (Å²) in [6, 6.07) is -1.49. The molecule has 1 unspecified atom stereocenters. The SMILES string of the molecule is C#CCC(NC(=O)NCC1(C)CCCCC1)C(=O)O. The van der Waals surface area contributed by atoms with Gasteiger partial charge in [-0.05, 0) is 18.3 Å². The molecule has 19 heavy (non-hydrogen) atoms. The number of nitrogens with one attached hydrogen (secondary N) is 2. The third kappa shape index (κ3) is 5.21. The van der Waals surface area contributed by atoms with Crippen LogP contribution < -0.4 is 10.6 Å². The molecule has 0 aromatic rings. The number of aliphatic carboxylic acids is 1. The molecule has 1 atom stereocenters. The van der Waals surface area contributed by atoms with Crippen molar-refractivity contribution in [2.24, 2.45) is 5.41 Å². The summed E-state index contributed by atoms with van der Waals surface area (Å²) in [7, 11) is 0. The molecule has 1 aliphatic carbocycles. The van der Waals surface area contributed by atoms with E-state index in [9.17, 15) is 9.59 Å². The maximum Gasteiger partial charge on any atom is 0.327 e. The van der Waals surface area contributed by atoms with E-state index in [2.05, 4.69) is 23.5 Å². The Morgan fingerprint density at radius 1 is 1.37 bits per heavy atom. The predicted octanol–water partition coefficient (Wildman–Crippen LogP) is 1.73. The van der Waals surface area contributed by atoms with E-state index in [0.29, 0.717) is 6.54 Å². The molecule has 0 spiro atoms. The summed E-state index contributed by atoms with van der Waals surface area (Å²) < 4.78 is 0. The summed E-state index contributed by atoms with van der Waals surface area (Å²) in [5.41, 5.74) is 0.125. The third-order valence-corrected chi connectivity index (χ3v) is 3.66. The van der Waals surface area contributed by atoms with Crippen LogP contribution in [-0.4, -0.2) is 29.7 Å². The largest absolute Gasteiger partial charge is 0.480 e. The first kappa shape index (κ1) is 15.4.